The molecule has 3 nitrogen and oxygen atoms in total. The molecule has 21 heavy (non-hydrogen) atoms. The standard InChI is InChI=1S/C17H13BrN2O/c1-19-13-7-8-16-14(9-13)15(18)11-20(16)10-12-5-3-4-6-17(12)21-2/h3-9,11H,10H2,2H3. The van der Waals surface area contributed by atoms with Crippen molar-refractivity contribution in [3.63, 3.8) is 0 Å². The molecular formula is C17H13BrN2O. The Morgan fingerprint density at radius 1 is 1.24 bits per heavy atom. The van der Waals surface area contributed by atoms with Gasteiger partial charge in [-0.3, -0.25) is 0 Å². The topological polar surface area (TPSA) is 18.5 Å². The predicted molar refractivity (Wildman–Crippen MR) is 88.0 cm³/mol. The SMILES string of the molecule is [C-]#[N+]c1ccc2c(c1)c(Br)cn2Cc1ccccc1OC. The van der Waals surface area contributed by atoms with Gasteiger partial charge in [-0.15, -0.1) is 0 Å². The Morgan fingerprint density at radius 2 is 2.05 bits per heavy atom. The second-order valence-corrected chi connectivity index (χ2v) is 5.58. The number of fused-ring (bicyclic) bond motifs is 1. The second kappa shape index (κ2) is 5.63. The number of rotatable bonds is 3. The van der Waals surface area contributed by atoms with E-state index in [4.69, 9.17) is 11.3 Å². The van der Waals surface area contributed by atoms with Crippen LogP contribution in [0, 0.1) is 6.57 Å². The highest BCUT2D eigenvalue weighted by atomic mass is 79.9. The summed E-state index contributed by atoms with van der Waals surface area (Å²) in [5, 5.41) is 1.05. The van der Waals surface area contributed by atoms with E-state index in [1.807, 2.05) is 42.6 Å². The van der Waals surface area contributed by atoms with Gasteiger partial charge in [0.1, 0.15) is 5.75 Å². The lowest BCUT2D eigenvalue weighted by molar-refractivity contribution is 0.408. The van der Waals surface area contributed by atoms with Crippen LogP contribution in [0.15, 0.2) is 53.1 Å². The summed E-state index contributed by atoms with van der Waals surface area (Å²) in [5.41, 5.74) is 2.87. The van der Waals surface area contributed by atoms with E-state index in [1.54, 1.807) is 7.11 Å². The summed E-state index contributed by atoms with van der Waals surface area (Å²) in [7, 11) is 1.69. The Labute approximate surface area is 131 Å². The van der Waals surface area contributed by atoms with E-state index in [0.29, 0.717) is 5.69 Å². The molecule has 0 unspecified atom stereocenters. The smallest absolute Gasteiger partial charge is 0.188 e. The molecule has 0 aliphatic heterocycles. The lowest BCUT2D eigenvalue weighted by Gasteiger charge is -2.10. The highest BCUT2D eigenvalue weighted by molar-refractivity contribution is 9.10. The summed E-state index contributed by atoms with van der Waals surface area (Å²) >= 11 is 3.58. The van der Waals surface area contributed by atoms with Crippen LogP contribution in [-0.2, 0) is 6.54 Å². The zero-order chi connectivity index (χ0) is 14.8. The van der Waals surface area contributed by atoms with Gasteiger partial charge in [-0.2, -0.15) is 0 Å². The fourth-order valence-corrected chi connectivity index (χ4v) is 3.02. The van der Waals surface area contributed by atoms with Crippen molar-refractivity contribution in [3.8, 4) is 5.75 Å². The maximum absolute atomic E-state index is 7.12. The van der Waals surface area contributed by atoms with Crippen LogP contribution in [0.2, 0.25) is 0 Å². The van der Waals surface area contributed by atoms with E-state index in [9.17, 15) is 0 Å². The van der Waals surface area contributed by atoms with Crippen molar-refractivity contribution in [3.05, 3.63) is 70.1 Å². The summed E-state index contributed by atoms with van der Waals surface area (Å²) in [4.78, 5) is 3.48. The van der Waals surface area contributed by atoms with Gasteiger partial charge in [-0.1, -0.05) is 24.3 Å². The maximum Gasteiger partial charge on any atom is 0.188 e. The molecule has 3 aromatic rings. The minimum Gasteiger partial charge on any atom is -0.496 e. The molecule has 0 radical (unpaired) electrons. The summed E-state index contributed by atoms with van der Waals surface area (Å²) < 4.78 is 8.56. The maximum atomic E-state index is 7.12. The molecule has 1 heterocycles. The van der Waals surface area contributed by atoms with E-state index < -0.39 is 0 Å². The first-order valence-corrected chi connectivity index (χ1v) is 7.30. The fourth-order valence-electron chi connectivity index (χ4n) is 2.46. The Bertz CT molecular complexity index is 846. The van der Waals surface area contributed by atoms with Crippen LogP contribution in [0.3, 0.4) is 0 Å². The van der Waals surface area contributed by atoms with Crippen molar-refractivity contribution >= 4 is 32.5 Å². The van der Waals surface area contributed by atoms with Gasteiger partial charge in [-0.25, -0.2) is 4.85 Å². The third-order valence-corrected chi connectivity index (χ3v) is 4.11. The number of ether oxygens (including phenoxy) is 1. The normalized spacial score (nSPS) is 10.5. The molecule has 0 bridgehead atoms. The van der Waals surface area contributed by atoms with Crippen LogP contribution >= 0.6 is 15.9 Å². The average molecular weight is 341 g/mol. The number of para-hydroxylation sites is 1. The first-order valence-electron chi connectivity index (χ1n) is 6.50. The summed E-state index contributed by atoms with van der Waals surface area (Å²) in [6.45, 7) is 7.84. The molecule has 0 aliphatic rings. The number of benzene rings is 2. The molecule has 0 atom stereocenters. The van der Waals surface area contributed by atoms with Gasteiger partial charge in [-0.05, 0) is 34.1 Å². The van der Waals surface area contributed by atoms with Crippen LogP contribution in [0.25, 0.3) is 15.7 Å². The molecule has 0 saturated carbocycles. The molecule has 0 saturated heterocycles. The van der Waals surface area contributed by atoms with E-state index in [0.717, 1.165) is 33.2 Å². The number of methoxy groups -OCH3 is 1. The highest BCUT2D eigenvalue weighted by Gasteiger charge is 2.09. The number of nitrogens with zero attached hydrogens (tertiary/aromatic N) is 2. The molecule has 0 fully saturated rings. The zero-order valence-corrected chi connectivity index (χ0v) is 13.1. The van der Waals surface area contributed by atoms with E-state index >= 15 is 0 Å². The third kappa shape index (κ3) is 2.53. The number of hydrogen-bond donors (Lipinski definition) is 0. The number of aromatic nitrogens is 1. The molecular weight excluding hydrogens is 328 g/mol. The molecule has 104 valence electrons. The van der Waals surface area contributed by atoms with Crippen LogP contribution in [0.1, 0.15) is 5.56 Å². The van der Waals surface area contributed by atoms with Gasteiger partial charge < -0.3 is 9.30 Å². The van der Waals surface area contributed by atoms with Crippen molar-refractivity contribution in [1.82, 2.24) is 4.57 Å². The Balaban J connectivity index is 2.08. The average Bonchev–Trinajstić information content (AvgIpc) is 2.83. The summed E-state index contributed by atoms with van der Waals surface area (Å²) in [6.07, 6.45) is 2.05. The van der Waals surface area contributed by atoms with Crippen molar-refractivity contribution < 1.29 is 4.74 Å². The first kappa shape index (κ1) is 13.7. The van der Waals surface area contributed by atoms with E-state index in [1.165, 1.54) is 0 Å². The Hall–Kier alpha value is -2.25. The lowest BCUT2D eigenvalue weighted by Crippen LogP contribution is -2.00. The van der Waals surface area contributed by atoms with Crippen LogP contribution < -0.4 is 4.74 Å². The third-order valence-electron chi connectivity index (χ3n) is 3.48. The molecule has 0 aliphatic carbocycles. The minimum atomic E-state index is 0.651. The monoisotopic (exact) mass is 340 g/mol. The summed E-state index contributed by atoms with van der Waals surface area (Å²) in [6, 6.07) is 13.7. The number of hydrogen-bond acceptors (Lipinski definition) is 1. The second-order valence-electron chi connectivity index (χ2n) is 4.73. The lowest BCUT2D eigenvalue weighted by atomic mass is 10.2. The predicted octanol–water partition coefficient (Wildman–Crippen LogP) is 5.01. The van der Waals surface area contributed by atoms with Crippen molar-refractivity contribution in [1.29, 1.82) is 0 Å². The fraction of sp³-hybridized carbons (Fsp3) is 0.118. The largest absolute Gasteiger partial charge is 0.496 e. The van der Waals surface area contributed by atoms with Gasteiger partial charge in [0.2, 0.25) is 0 Å². The quantitative estimate of drug-likeness (QED) is 0.613. The van der Waals surface area contributed by atoms with Gasteiger partial charge >= 0.3 is 0 Å². The van der Waals surface area contributed by atoms with Crippen LogP contribution in [0.4, 0.5) is 5.69 Å². The van der Waals surface area contributed by atoms with Gasteiger partial charge in [0.05, 0.1) is 20.2 Å². The van der Waals surface area contributed by atoms with Crippen molar-refractivity contribution in [2.75, 3.05) is 7.11 Å². The van der Waals surface area contributed by atoms with Gasteiger partial charge in [0.25, 0.3) is 0 Å². The minimum absolute atomic E-state index is 0.651. The van der Waals surface area contributed by atoms with Gasteiger partial charge in [0.15, 0.2) is 5.69 Å². The Morgan fingerprint density at radius 3 is 2.81 bits per heavy atom. The van der Waals surface area contributed by atoms with Crippen LogP contribution in [-0.4, -0.2) is 11.7 Å². The summed E-state index contributed by atoms with van der Waals surface area (Å²) in [5.74, 6) is 0.883. The molecule has 0 amide bonds. The van der Waals surface area contributed by atoms with Gasteiger partial charge in [0, 0.05) is 27.1 Å². The van der Waals surface area contributed by atoms with Crippen molar-refractivity contribution in [2.24, 2.45) is 0 Å². The molecule has 0 N–H and O–H groups in total. The molecule has 0 spiro atoms. The molecule has 3 rings (SSSR count). The van der Waals surface area contributed by atoms with Crippen LogP contribution in [0.5, 0.6) is 5.75 Å². The van der Waals surface area contributed by atoms with E-state index in [2.05, 4.69) is 31.4 Å². The Kier molecular flexibility index (Phi) is 3.68. The zero-order valence-electron chi connectivity index (χ0n) is 11.5. The van der Waals surface area contributed by atoms with E-state index in [-0.39, 0.29) is 0 Å². The molecule has 2 aromatic carbocycles. The molecule has 1 aromatic heterocycles. The first-order chi connectivity index (χ1) is 10.2. The number of halogens is 1. The molecule has 4 heteroatoms. The van der Waals surface area contributed by atoms with Crippen molar-refractivity contribution in [2.45, 2.75) is 6.54 Å². The highest BCUT2D eigenvalue weighted by Crippen LogP contribution is 2.31.